The van der Waals surface area contributed by atoms with Crippen molar-refractivity contribution in [3.8, 4) is 0 Å². The largest absolute Gasteiger partial charge is 0.468 e. The monoisotopic (exact) mass is 209 g/mol. The number of carbonyl (C=O) groups is 1. The topological polar surface area (TPSA) is 55.3 Å². The van der Waals surface area contributed by atoms with Gasteiger partial charge in [-0.1, -0.05) is 0 Å². The van der Waals surface area contributed by atoms with E-state index in [1.54, 1.807) is 11.1 Å². The van der Waals surface area contributed by atoms with E-state index in [2.05, 4.69) is 14.7 Å². The first kappa shape index (κ1) is 11.4. The Morgan fingerprint density at radius 1 is 1.60 bits per heavy atom. The summed E-state index contributed by atoms with van der Waals surface area (Å²) in [5, 5.41) is 0. The molecule has 0 radical (unpaired) electrons. The second kappa shape index (κ2) is 5.29. The minimum absolute atomic E-state index is 0.177. The molecule has 0 aliphatic rings. The Morgan fingerprint density at radius 3 is 2.87 bits per heavy atom. The highest BCUT2D eigenvalue weighted by molar-refractivity contribution is 5.74. The lowest BCUT2D eigenvalue weighted by Crippen LogP contribution is -2.31. The SMILES string of the molecule is CCN(CC(=O)OC)c1nccc(C)n1. The molecule has 0 atom stereocenters. The summed E-state index contributed by atoms with van der Waals surface area (Å²) >= 11 is 0. The summed E-state index contributed by atoms with van der Waals surface area (Å²) in [6.07, 6.45) is 1.68. The summed E-state index contributed by atoms with van der Waals surface area (Å²) in [4.78, 5) is 21.2. The molecule has 1 rings (SSSR count). The highest BCUT2D eigenvalue weighted by Gasteiger charge is 2.12. The van der Waals surface area contributed by atoms with Gasteiger partial charge in [0, 0.05) is 18.4 Å². The van der Waals surface area contributed by atoms with Gasteiger partial charge in [0.2, 0.25) is 5.95 Å². The number of aryl methyl sites for hydroxylation is 1. The van der Waals surface area contributed by atoms with Gasteiger partial charge < -0.3 is 9.64 Å². The van der Waals surface area contributed by atoms with Gasteiger partial charge in [-0.05, 0) is 19.9 Å². The number of esters is 1. The van der Waals surface area contributed by atoms with Crippen LogP contribution in [0.5, 0.6) is 0 Å². The summed E-state index contributed by atoms with van der Waals surface area (Å²) in [5.74, 6) is 0.268. The van der Waals surface area contributed by atoms with E-state index in [4.69, 9.17) is 0 Å². The molecule has 5 nitrogen and oxygen atoms in total. The Kier molecular flexibility index (Phi) is 4.03. The average Bonchev–Trinajstić information content (AvgIpc) is 2.25. The van der Waals surface area contributed by atoms with Gasteiger partial charge in [0.1, 0.15) is 6.54 Å². The molecule has 1 aromatic rings. The van der Waals surface area contributed by atoms with Crippen molar-refractivity contribution in [3.05, 3.63) is 18.0 Å². The zero-order valence-corrected chi connectivity index (χ0v) is 9.23. The van der Waals surface area contributed by atoms with Crippen LogP contribution in [0.25, 0.3) is 0 Å². The number of anilines is 1. The smallest absolute Gasteiger partial charge is 0.325 e. The third-order valence-corrected chi connectivity index (χ3v) is 1.99. The average molecular weight is 209 g/mol. The molecule has 0 saturated heterocycles. The lowest BCUT2D eigenvalue weighted by Gasteiger charge is -2.18. The third-order valence-electron chi connectivity index (χ3n) is 1.99. The number of methoxy groups -OCH3 is 1. The molecule has 15 heavy (non-hydrogen) atoms. The number of likely N-dealkylation sites (N-methyl/N-ethyl adjacent to an activating group) is 1. The van der Waals surface area contributed by atoms with Crippen LogP contribution in [0.4, 0.5) is 5.95 Å². The van der Waals surface area contributed by atoms with Crippen molar-refractivity contribution < 1.29 is 9.53 Å². The van der Waals surface area contributed by atoms with Crippen LogP contribution < -0.4 is 4.90 Å². The van der Waals surface area contributed by atoms with Gasteiger partial charge in [-0.2, -0.15) is 0 Å². The van der Waals surface area contributed by atoms with E-state index in [0.717, 1.165) is 5.69 Å². The van der Waals surface area contributed by atoms with E-state index in [1.165, 1.54) is 7.11 Å². The Labute approximate surface area is 89.1 Å². The quantitative estimate of drug-likeness (QED) is 0.686. The lowest BCUT2D eigenvalue weighted by atomic mass is 10.4. The molecule has 0 spiro atoms. The van der Waals surface area contributed by atoms with Crippen molar-refractivity contribution in [2.75, 3.05) is 25.1 Å². The third kappa shape index (κ3) is 3.19. The van der Waals surface area contributed by atoms with Crippen LogP contribution >= 0.6 is 0 Å². The van der Waals surface area contributed by atoms with Gasteiger partial charge in [0.15, 0.2) is 0 Å². The van der Waals surface area contributed by atoms with E-state index < -0.39 is 0 Å². The molecule has 0 bridgehead atoms. The molecule has 0 unspecified atom stereocenters. The second-order valence-electron chi connectivity index (χ2n) is 3.09. The Morgan fingerprint density at radius 2 is 2.33 bits per heavy atom. The van der Waals surface area contributed by atoms with E-state index in [1.807, 2.05) is 19.9 Å². The minimum Gasteiger partial charge on any atom is -0.468 e. The van der Waals surface area contributed by atoms with Crippen molar-refractivity contribution in [2.24, 2.45) is 0 Å². The molecule has 1 aromatic heterocycles. The van der Waals surface area contributed by atoms with Crippen LogP contribution in [0.15, 0.2) is 12.3 Å². The fourth-order valence-electron chi connectivity index (χ4n) is 1.13. The van der Waals surface area contributed by atoms with Gasteiger partial charge in [-0.15, -0.1) is 0 Å². The molecule has 0 aliphatic carbocycles. The van der Waals surface area contributed by atoms with Crippen LogP contribution in [0.1, 0.15) is 12.6 Å². The predicted octanol–water partition coefficient (Wildman–Crippen LogP) is 0.784. The number of carbonyl (C=O) groups excluding carboxylic acids is 1. The Balaban J connectivity index is 2.78. The zero-order chi connectivity index (χ0) is 11.3. The van der Waals surface area contributed by atoms with Crippen molar-refractivity contribution >= 4 is 11.9 Å². The van der Waals surface area contributed by atoms with E-state index >= 15 is 0 Å². The number of hydrogen-bond acceptors (Lipinski definition) is 5. The summed E-state index contributed by atoms with van der Waals surface area (Å²) < 4.78 is 4.60. The van der Waals surface area contributed by atoms with Crippen molar-refractivity contribution in [2.45, 2.75) is 13.8 Å². The predicted molar refractivity (Wildman–Crippen MR) is 56.7 cm³/mol. The van der Waals surface area contributed by atoms with Crippen molar-refractivity contribution in [1.29, 1.82) is 0 Å². The molecule has 0 aliphatic heterocycles. The normalized spacial score (nSPS) is 9.80. The van der Waals surface area contributed by atoms with E-state index in [0.29, 0.717) is 12.5 Å². The zero-order valence-electron chi connectivity index (χ0n) is 9.23. The molecule has 0 fully saturated rings. The van der Waals surface area contributed by atoms with Crippen molar-refractivity contribution in [1.82, 2.24) is 9.97 Å². The van der Waals surface area contributed by atoms with E-state index in [9.17, 15) is 4.79 Å². The molecule has 0 saturated carbocycles. The first-order chi connectivity index (χ1) is 7.17. The maximum Gasteiger partial charge on any atom is 0.325 e. The number of hydrogen-bond donors (Lipinski definition) is 0. The highest BCUT2D eigenvalue weighted by Crippen LogP contribution is 2.06. The van der Waals surface area contributed by atoms with Gasteiger partial charge in [0.25, 0.3) is 0 Å². The van der Waals surface area contributed by atoms with Gasteiger partial charge in [-0.3, -0.25) is 4.79 Å². The number of nitrogens with zero attached hydrogens (tertiary/aromatic N) is 3. The Hall–Kier alpha value is -1.65. The summed E-state index contributed by atoms with van der Waals surface area (Å²) in [7, 11) is 1.37. The molecule has 82 valence electrons. The van der Waals surface area contributed by atoms with Gasteiger partial charge in [0.05, 0.1) is 7.11 Å². The second-order valence-corrected chi connectivity index (χ2v) is 3.09. The van der Waals surface area contributed by atoms with Crippen LogP contribution in [0.3, 0.4) is 0 Å². The first-order valence-electron chi connectivity index (χ1n) is 4.78. The van der Waals surface area contributed by atoms with Gasteiger partial charge >= 0.3 is 5.97 Å². The van der Waals surface area contributed by atoms with Crippen molar-refractivity contribution in [3.63, 3.8) is 0 Å². The fraction of sp³-hybridized carbons (Fsp3) is 0.500. The number of rotatable bonds is 4. The summed E-state index contributed by atoms with van der Waals surface area (Å²) in [6, 6.07) is 1.81. The molecular formula is C10H15N3O2. The molecule has 1 heterocycles. The molecule has 0 N–H and O–H groups in total. The Bertz CT molecular complexity index is 341. The molecule has 0 amide bonds. The minimum atomic E-state index is -0.290. The summed E-state index contributed by atoms with van der Waals surface area (Å²) in [6.45, 7) is 4.67. The summed E-state index contributed by atoms with van der Waals surface area (Å²) in [5.41, 5.74) is 0.878. The van der Waals surface area contributed by atoms with Crippen LogP contribution in [-0.4, -0.2) is 36.1 Å². The first-order valence-corrected chi connectivity index (χ1v) is 4.78. The van der Waals surface area contributed by atoms with Crippen LogP contribution in [-0.2, 0) is 9.53 Å². The highest BCUT2D eigenvalue weighted by atomic mass is 16.5. The van der Waals surface area contributed by atoms with Crippen LogP contribution in [0.2, 0.25) is 0 Å². The maximum atomic E-state index is 11.1. The van der Waals surface area contributed by atoms with Gasteiger partial charge in [-0.25, -0.2) is 9.97 Å². The fourth-order valence-corrected chi connectivity index (χ4v) is 1.13. The lowest BCUT2D eigenvalue weighted by molar-refractivity contribution is -0.138. The standard InChI is InChI=1S/C10H15N3O2/c1-4-13(7-9(14)15-3)10-11-6-5-8(2)12-10/h5-6H,4,7H2,1-3H3. The molecular weight excluding hydrogens is 194 g/mol. The van der Waals surface area contributed by atoms with E-state index in [-0.39, 0.29) is 12.5 Å². The molecule has 5 heteroatoms. The maximum absolute atomic E-state index is 11.1. The number of ether oxygens (including phenoxy) is 1. The number of aromatic nitrogens is 2. The molecule has 0 aromatic carbocycles. The van der Waals surface area contributed by atoms with Crippen LogP contribution in [0, 0.1) is 6.92 Å².